The van der Waals surface area contributed by atoms with E-state index in [-0.39, 0.29) is 10.9 Å². The number of pyridine rings is 1. The molecule has 106 valence electrons. The minimum atomic E-state index is -3.48. The molecule has 2 rings (SSSR count). The number of nitrogens with zero attached hydrogens (tertiary/aromatic N) is 2. The number of sulfonamides is 1. The van der Waals surface area contributed by atoms with Gasteiger partial charge in [-0.3, -0.25) is 0 Å². The Morgan fingerprint density at radius 3 is 3.05 bits per heavy atom. The van der Waals surface area contributed by atoms with Gasteiger partial charge in [-0.1, -0.05) is 6.92 Å². The number of aromatic nitrogens is 1. The fraction of sp³-hybridized carbons (Fsp3) is 0.583. The van der Waals surface area contributed by atoms with E-state index in [1.165, 1.54) is 16.6 Å². The van der Waals surface area contributed by atoms with Crippen molar-refractivity contribution in [3.05, 3.63) is 18.3 Å². The molecule has 1 aromatic heterocycles. The molecule has 1 aliphatic rings. The summed E-state index contributed by atoms with van der Waals surface area (Å²) in [5, 5.41) is 2.85. The zero-order valence-electron chi connectivity index (χ0n) is 11.2. The van der Waals surface area contributed by atoms with Crippen LogP contribution >= 0.6 is 0 Å². The highest BCUT2D eigenvalue weighted by Gasteiger charge is 2.33. The maximum absolute atomic E-state index is 12.6. The second-order valence-electron chi connectivity index (χ2n) is 4.38. The van der Waals surface area contributed by atoms with Crippen molar-refractivity contribution in [2.24, 2.45) is 0 Å². The topological polar surface area (TPSA) is 71.5 Å². The van der Waals surface area contributed by atoms with Gasteiger partial charge in [-0.15, -0.1) is 0 Å². The molecule has 0 bridgehead atoms. The number of anilines is 1. The maximum atomic E-state index is 12.6. The zero-order chi connectivity index (χ0) is 13.9. The van der Waals surface area contributed by atoms with E-state index < -0.39 is 10.0 Å². The van der Waals surface area contributed by atoms with E-state index in [4.69, 9.17) is 4.74 Å². The Hall–Kier alpha value is -1.18. The predicted molar refractivity (Wildman–Crippen MR) is 72.6 cm³/mol. The SMILES string of the molecule is CCC1COCCN1S(=O)(=O)c1ccnc(NC)c1. The van der Waals surface area contributed by atoms with Crippen LogP contribution in [0.3, 0.4) is 0 Å². The van der Waals surface area contributed by atoms with Crippen molar-refractivity contribution < 1.29 is 13.2 Å². The third-order valence-corrected chi connectivity index (χ3v) is 5.19. The number of hydrogen-bond donors (Lipinski definition) is 1. The van der Waals surface area contributed by atoms with Crippen LogP contribution in [0.2, 0.25) is 0 Å². The number of nitrogens with one attached hydrogen (secondary N) is 1. The molecule has 0 radical (unpaired) electrons. The lowest BCUT2D eigenvalue weighted by atomic mass is 10.2. The van der Waals surface area contributed by atoms with Crippen molar-refractivity contribution in [1.29, 1.82) is 0 Å². The standard InChI is InChI=1S/C12H19N3O3S/c1-3-10-9-18-7-6-15(10)19(16,17)11-4-5-14-12(8-11)13-2/h4-5,8,10H,3,6-7,9H2,1-2H3,(H,13,14). The highest BCUT2D eigenvalue weighted by atomic mass is 32.2. The van der Waals surface area contributed by atoms with E-state index in [9.17, 15) is 8.42 Å². The van der Waals surface area contributed by atoms with Crippen LogP contribution in [-0.4, -0.2) is 50.6 Å². The van der Waals surface area contributed by atoms with Crippen LogP contribution < -0.4 is 5.32 Å². The summed E-state index contributed by atoms with van der Waals surface area (Å²) in [6, 6.07) is 2.99. The van der Waals surface area contributed by atoms with Crippen LogP contribution in [0.1, 0.15) is 13.3 Å². The fourth-order valence-corrected chi connectivity index (χ4v) is 3.80. The van der Waals surface area contributed by atoms with Gasteiger partial charge in [0.15, 0.2) is 0 Å². The molecule has 6 nitrogen and oxygen atoms in total. The van der Waals surface area contributed by atoms with Crippen molar-refractivity contribution >= 4 is 15.8 Å². The molecule has 19 heavy (non-hydrogen) atoms. The molecule has 2 heterocycles. The molecule has 1 atom stereocenters. The normalized spacial score (nSPS) is 21.3. The Balaban J connectivity index is 2.34. The van der Waals surface area contributed by atoms with Gasteiger partial charge in [-0.2, -0.15) is 4.31 Å². The molecule has 1 aliphatic heterocycles. The zero-order valence-corrected chi connectivity index (χ0v) is 12.0. The van der Waals surface area contributed by atoms with Gasteiger partial charge in [0.25, 0.3) is 0 Å². The van der Waals surface area contributed by atoms with E-state index in [2.05, 4.69) is 10.3 Å². The minimum Gasteiger partial charge on any atom is -0.378 e. The molecular formula is C12H19N3O3S. The van der Waals surface area contributed by atoms with E-state index in [0.717, 1.165) is 6.42 Å². The van der Waals surface area contributed by atoms with Gasteiger partial charge in [0, 0.05) is 31.9 Å². The third-order valence-electron chi connectivity index (χ3n) is 3.24. The average molecular weight is 285 g/mol. The summed E-state index contributed by atoms with van der Waals surface area (Å²) >= 11 is 0. The molecule has 0 saturated carbocycles. The van der Waals surface area contributed by atoms with E-state index in [1.54, 1.807) is 13.1 Å². The van der Waals surface area contributed by atoms with Crippen LogP contribution in [0.25, 0.3) is 0 Å². The van der Waals surface area contributed by atoms with Crippen LogP contribution in [0.4, 0.5) is 5.82 Å². The summed E-state index contributed by atoms with van der Waals surface area (Å²) in [4.78, 5) is 4.31. The molecule has 1 aromatic rings. The Bertz CT molecular complexity index is 533. The second-order valence-corrected chi connectivity index (χ2v) is 6.27. The summed E-state index contributed by atoms with van der Waals surface area (Å²) in [5.41, 5.74) is 0. The number of morpholine rings is 1. The van der Waals surface area contributed by atoms with Crippen LogP contribution in [0.5, 0.6) is 0 Å². The van der Waals surface area contributed by atoms with Crippen molar-refractivity contribution in [3.8, 4) is 0 Å². The van der Waals surface area contributed by atoms with Crippen molar-refractivity contribution in [2.75, 3.05) is 32.1 Å². The summed E-state index contributed by atoms with van der Waals surface area (Å²) in [7, 11) is -1.77. The van der Waals surface area contributed by atoms with Gasteiger partial charge in [0.05, 0.1) is 18.1 Å². The number of ether oxygens (including phenoxy) is 1. The minimum absolute atomic E-state index is 0.0926. The van der Waals surface area contributed by atoms with Crippen molar-refractivity contribution in [3.63, 3.8) is 0 Å². The van der Waals surface area contributed by atoms with Crippen LogP contribution in [0.15, 0.2) is 23.2 Å². The largest absolute Gasteiger partial charge is 0.378 e. The lowest BCUT2D eigenvalue weighted by Crippen LogP contribution is -2.48. The first-order valence-corrected chi connectivity index (χ1v) is 7.77. The first-order valence-electron chi connectivity index (χ1n) is 6.33. The summed E-state index contributed by atoms with van der Waals surface area (Å²) in [6.07, 6.45) is 2.24. The Kier molecular flexibility index (Phi) is 4.38. The van der Waals surface area contributed by atoms with E-state index >= 15 is 0 Å². The number of hydrogen-bond acceptors (Lipinski definition) is 5. The molecular weight excluding hydrogens is 266 g/mol. The summed E-state index contributed by atoms with van der Waals surface area (Å²) in [6.45, 7) is 3.27. The molecule has 0 aromatic carbocycles. The predicted octanol–water partition coefficient (Wildman–Crippen LogP) is 0.923. The first-order chi connectivity index (χ1) is 9.09. The quantitative estimate of drug-likeness (QED) is 0.891. The van der Waals surface area contributed by atoms with Gasteiger partial charge >= 0.3 is 0 Å². The monoisotopic (exact) mass is 285 g/mol. The van der Waals surface area contributed by atoms with Crippen LogP contribution in [-0.2, 0) is 14.8 Å². The first kappa shape index (κ1) is 14.2. The van der Waals surface area contributed by atoms with E-state index in [1.807, 2.05) is 6.92 Å². The van der Waals surface area contributed by atoms with Gasteiger partial charge in [0.1, 0.15) is 5.82 Å². The van der Waals surface area contributed by atoms with Gasteiger partial charge in [-0.25, -0.2) is 13.4 Å². The molecule has 1 unspecified atom stereocenters. The van der Waals surface area contributed by atoms with Gasteiger partial charge < -0.3 is 10.1 Å². The molecule has 7 heteroatoms. The Morgan fingerprint density at radius 2 is 2.37 bits per heavy atom. The smallest absolute Gasteiger partial charge is 0.243 e. The van der Waals surface area contributed by atoms with Crippen LogP contribution in [0, 0.1) is 0 Å². The summed E-state index contributed by atoms with van der Waals surface area (Å²) < 4.78 is 32.2. The molecule has 1 N–H and O–H groups in total. The molecule has 0 spiro atoms. The Morgan fingerprint density at radius 1 is 1.58 bits per heavy atom. The maximum Gasteiger partial charge on any atom is 0.243 e. The highest BCUT2D eigenvalue weighted by Crippen LogP contribution is 2.23. The number of rotatable bonds is 4. The average Bonchev–Trinajstić information content (AvgIpc) is 2.47. The van der Waals surface area contributed by atoms with Gasteiger partial charge in [-0.05, 0) is 12.5 Å². The Labute approximate surface area is 113 Å². The lowest BCUT2D eigenvalue weighted by Gasteiger charge is -2.33. The molecule has 0 aliphatic carbocycles. The second kappa shape index (κ2) is 5.85. The molecule has 1 saturated heterocycles. The lowest BCUT2D eigenvalue weighted by molar-refractivity contribution is 0.0314. The third kappa shape index (κ3) is 2.88. The molecule has 0 amide bonds. The van der Waals surface area contributed by atoms with Gasteiger partial charge in [0.2, 0.25) is 10.0 Å². The fourth-order valence-electron chi connectivity index (χ4n) is 2.12. The van der Waals surface area contributed by atoms with Crippen molar-refractivity contribution in [1.82, 2.24) is 9.29 Å². The van der Waals surface area contributed by atoms with Crippen molar-refractivity contribution in [2.45, 2.75) is 24.3 Å². The van der Waals surface area contributed by atoms with E-state index in [0.29, 0.717) is 25.6 Å². The molecule has 1 fully saturated rings. The summed E-state index contributed by atoms with van der Waals surface area (Å²) in [5.74, 6) is 0.544. The highest BCUT2D eigenvalue weighted by molar-refractivity contribution is 7.89.